The lowest BCUT2D eigenvalue weighted by Gasteiger charge is -2.32. The molecule has 3 N–H and O–H groups in total. The summed E-state index contributed by atoms with van der Waals surface area (Å²) in [5, 5.41) is 9.48. The standard InChI is InChI=1S/C12H17N5O5/c1-19-12-21-7-5(2-18)20-11(8(7)22-12)17-4-16-6-9(13)14-3-15-10(6)17/h3-8,10-12,18H,2H2,1H3,(H2,13,14,15)/t5-,6+,7+,8-,10-,11-,12+/m0/s1. The van der Waals surface area contributed by atoms with Crippen molar-refractivity contribution in [3.05, 3.63) is 0 Å². The number of nitrogens with two attached hydrogens (primary N) is 1. The molecule has 0 amide bonds. The zero-order valence-corrected chi connectivity index (χ0v) is 11.8. The molecular formula is C12H17N5O5. The molecule has 4 heterocycles. The molecule has 0 aromatic rings. The number of methoxy groups -OCH3 is 1. The lowest BCUT2D eigenvalue weighted by atomic mass is 10.1. The molecule has 0 saturated carbocycles. The van der Waals surface area contributed by atoms with E-state index in [0.717, 1.165) is 0 Å². The number of aliphatic imine (C=N–C) groups is 3. The van der Waals surface area contributed by atoms with Gasteiger partial charge >= 0.3 is 0 Å². The zero-order chi connectivity index (χ0) is 15.3. The van der Waals surface area contributed by atoms with Crippen LogP contribution in [0.2, 0.25) is 0 Å². The van der Waals surface area contributed by atoms with Gasteiger partial charge in [0.15, 0.2) is 12.4 Å². The van der Waals surface area contributed by atoms with Crippen LogP contribution in [0.4, 0.5) is 0 Å². The molecule has 4 aliphatic heterocycles. The maximum absolute atomic E-state index is 9.48. The minimum absolute atomic E-state index is 0.177. The summed E-state index contributed by atoms with van der Waals surface area (Å²) in [5.41, 5.74) is 5.85. The van der Waals surface area contributed by atoms with E-state index in [2.05, 4.69) is 15.0 Å². The first-order valence-corrected chi connectivity index (χ1v) is 6.98. The zero-order valence-electron chi connectivity index (χ0n) is 11.8. The molecule has 10 heteroatoms. The Hall–Kier alpha value is -1.59. The largest absolute Gasteiger partial charge is 0.394 e. The van der Waals surface area contributed by atoms with Crippen molar-refractivity contribution in [2.24, 2.45) is 20.7 Å². The van der Waals surface area contributed by atoms with Gasteiger partial charge in [-0.2, -0.15) is 0 Å². The van der Waals surface area contributed by atoms with E-state index < -0.39 is 31.0 Å². The SMILES string of the molecule is CO[C@@H]1O[C@H]2[C@H](O1)[C@@H](N1C=N[C@@H]3C(N)=NC=N[C@H]31)O[C@H]2CO. The predicted molar refractivity (Wildman–Crippen MR) is 74.3 cm³/mol. The molecule has 22 heavy (non-hydrogen) atoms. The van der Waals surface area contributed by atoms with Gasteiger partial charge < -0.3 is 34.7 Å². The fourth-order valence-corrected chi connectivity index (χ4v) is 3.11. The average Bonchev–Trinajstić information content (AvgIpc) is 3.19. The molecule has 0 spiro atoms. The van der Waals surface area contributed by atoms with E-state index in [9.17, 15) is 5.11 Å². The summed E-state index contributed by atoms with van der Waals surface area (Å²) in [7, 11) is 1.49. The molecule has 0 aliphatic carbocycles. The highest BCUT2D eigenvalue weighted by Gasteiger charge is 2.56. The Morgan fingerprint density at radius 1 is 1.32 bits per heavy atom. The fourth-order valence-electron chi connectivity index (χ4n) is 3.11. The molecule has 0 radical (unpaired) electrons. The van der Waals surface area contributed by atoms with Crippen molar-refractivity contribution in [2.45, 2.75) is 43.2 Å². The van der Waals surface area contributed by atoms with Crippen LogP contribution in [-0.4, -0.2) is 85.5 Å². The second-order valence-corrected chi connectivity index (χ2v) is 5.36. The molecule has 2 fully saturated rings. The normalized spacial score (nSPS) is 46.0. The first-order chi connectivity index (χ1) is 10.7. The van der Waals surface area contributed by atoms with Crippen molar-refractivity contribution >= 4 is 18.5 Å². The summed E-state index contributed by atoms with van der Waals surface area (Å²) in [5.74, 6) is 0.408. The Balaban J connectivity index is 1.57. The fraction of sp³-hybridized carbons (Fsp3) is 0.750. The third-order valence-corrected chi connectivity index (χ3v) is 4.17. The molecule has 0 aromatic carbocycles. The molecule has 0 bridgehead atoms. The topological polar surface area (TPSA) is 123 Å². The van der Waals surface area contributed by atoms with E-state index >= 15 is 0 Å². The molecule has 120 valence electrons. The van der Waals surface area contributed by atoms with Gasteiger partial charge in [0, 0.05) is 7.11 Å². The maximum Gasteiger partial charge on any atom is 0.272 e. The van der Waals surface area contributed by atoms with Crippen molar-refractivity contribution in [3.8, 4) is 0 Å². The third-order valence-electron chi connectivity index (χ3n) is 4.17. The number of fused-ring (bicyclic) bond motifs is 2. The van der Waals surface area contributed by atoms with Crippen LogP contribution >= 0.6 is 0 Å². The predicted octanol–water partition coefficient (Wildman–Crippen LogP) is -2.14. The Bertz CT molecular complexity index is 540. The van der Waals surface area contributed by atoms with Crippen molar-refractivity contribution in [1.82, 2.24) is 4.90 Å². The van der Waals surface area contributed by atoms with Crippen molar-refractivity contribution in [1.29, 1.82) is 0 Å². The Morgan fingerprint density at radius 3 is 2.91 bits per heavy atom. The summed E-state index contributed by atoms with van der Waals surface area (Å²) >= 11 is 0. The molecule has 10 nitrogen and oxygen atoms in total. The lowest BCUT2D eigenvalue weighted by Crippen LogP contribution is -2.51. The third kappa shape index (κ3) is 1.96. The van der Waals surface area contributed by atoms with Crippen LogP contribution in [0, 0.1) is 0 Å². The van der Waals surface area contributed by atoms with Gasteiger partial charge in [0.25, 0.3) is 6.48 Å². The summed E-state index contributed by atoms with van der Waals surface area (Å²) in [4.78, 5) is 14.4. The van der Waals surface area contributed by atoms with Gasteiger partial charge in [-0.3, -0.25) is 4.99 Å². The molecule has 0 unspecified atom stereocenters. The molecule has 2 saturated heterocycles. The Kier molecular flexibility index (Phi) is 3.35. The van der Waals surface area contributed by atoms with Crippen LogP contribution in [0.15, 0.2) is 15.0 Å². The van der Waals surface area contributed by atoms with Crippen LogP contribution < -0.4 is 5.73 Å². The summed E-state index contributed by atoms with van der Waals surface area (Å²) < 4.78 is 22.2. The lowest BCUT2D eigenvalue weighted by molar-refractivity contribution is -0.258. The second-order valence-electron chi connectivity index (χ2n) is 5.36. The minimum Gasteiger partial charge on any atom is -0.394 e. The molecular weight excluding hydrogens is 294 g/mol. The first-order valence-electron chi connectivity index (χ1n) is 6.98. The Morgan fingerprint density at radius 2 is 2.14 bits per heavy atom. The summed E-state index contributed by atoms with van der Waals surface area (Å²) in [6, 6.07) is -0.333. The number of amidine groups is 1. The highest BCUT2D eigenvalue weighted by molar-refractivity contribution is 5.96. The maximum atomic E-state index is 9.48. The van der Waals surface area contributed by atoms with Gasteiger partial charge in [-0.1, -0.05) is 0 Å². The van der Waals surface area contributed by atoms with E-state index in [-0.39, 0.29) is 18.8 Å². The van der Waals surface area contributed by atoms with Gasteiger partial charge in [-0.15, -0.1) is 0 Å². The van der Waals surface area contributed by atoms with Crippen LogP contribution in [-0.2, 0) is 18.9 Å². The van der Waals surface area contributed by atoms with Gasteiger partial charge in [-0.05, 0) is 0 Å². The van der Waals surface area contributed by atoms with Crippen LogP contribution in [0.5, 0.6) is 0 Å². The number of aliphatic hydroxyl groups excluding tert-OH is 1. The first kappa shape index (κ1) is 14.0. The van der Waals surface area contributed by atoms with Crippen molar-refractivity contribution in [2.75, 3.05) is 13.7 Å². The van der Waals surface area contributed by atoms with Gasteiger partial charge in [0.1, 0.15) is 36.5 Å². The minimum atomic E-state index is -0.771. The number of ether oxygens (including phenoxy) is 4. The summed E-state index contributed by atoms with van der Waals surface area (Å²) in [6.07, 6.45) is 0.897. The highest BCUT2D eigenvalue weighted by atomic mass is 16.9. The second kappa shape index (κ2) is 5.25. The number of rotatable bonds is 3. The number of hydrogen-bond acceptors (Lipinski definition) is 10. The number of aliphatic hydroxyl groups is 1. The number of nitrogens with zero attached hydrogens (tertiary/aromatic N) is 4. The van der Waals surface area contributed by atoms with E-state index in [1.807, 2.05) is 4.90 Å². The van der Waals surface area contributed by atoms with E-state index in [1.54, 1.807) is 6.34 Å². The monoisotopic (exact) mass is 311 g/mol. The highest BCUT2D eigenvalue weighted by Crippen LogP contribution is 2.37. The van der Waals surface area contributed by atoms with Crippen LogP contribution in [0.25, 0.3) is 0 Å². The van der Waals surface area contributed by atoms with Crippen molar-refractivity contribution < 1.29 is 24.1 Å². The Labute approximate surface area is 126 Å². The average molecular weight is 311 g/mol. The molecule has 4 aliphatic rings. The van der Waals surface area contributed by atoms with Crippen molar-refractivity contribution in [3.63, 3.8) is 0 Å². The van der Waals surface area contributed by atoms with Gasteiger partial charge in [-0.25, -0.2) is 9.98 Å². The van der Waals surface area contributed by atoms with Gasteiger partial charge in [0.2, 0.25) is 0 Å². The number of hydrogen-bond donors (Lipinski definition) is 2. The van der Waals surface area contributed by atoms with Crippen LogP contribution in [0.1, 0.15) is 0 Å². The van der Waals surface area contributed by atoms with E-state index in [0.29, 0.717) is 5.84 Å². The molecule has 4 rings (SSSR count). The summed E-state index contributed by atoms with van der Waals surface area (Å²) in [6.45, 7) is -0.948. The van der Waals surface area contributed by atoms with Gasteiger partial charge in [0.05, 0.1) is 12.9 Å². The van der Waals surface area contributed by atoms with Crippen LogP contribution in [0.3, 0.4) is 0 Å². The quantitative estimate of drug-likeness (QED) is 0.609. The van der Waals surface area contributed by atoms with E-state index in [1.165, 1.54) is 13.4 Å². The smallest absolute Gasteiger partial charge is 0.272 e. The molecule has 0 aromatic heterocycles. The van der Waals surface area contributed by atoms with E-state index in [4.69, 9.17) is 24.7 Å². The molecule has 7 atom stereocenters.